The molecular formula is C24H24N4O7. The fraction of sp³-hybridized carbons (Fsp3) is 0.167. The van der Waals surface area contributed by atoms with Gasteiger partial charge in [-0.3, -0.25) is 9.68 Å². The molecule has 2 aromatic carbocycles. The number of nitrogens with two attached hydrogens (primary N) is 2. The summed E-state index contributed by atoms with van der Waals surface area (Å²) in [6.07, 6.45) is -1.86. The second-order valence-electron chi connectivity index (χ2n) is 6.82. The third-order valence-corrected chi connectivity index (χ3v) is 4.50. The maximum atomic E-state index is 11.2. The van der Waals surface area contributed by atoms with Gasteiger partial charge in [0, 0.05) is 22.3 Å². The monoisotopic (exact) mass is 480 g/mol. The van der Waals surface area contributed by atoms with Crippen LogP contribution in [0.15, 0.2) is 75.4 Å². The zero-order chi connectivity index (χ0) is 25.2. The first kappa shape index (κ1) is 24.8. The second kappa shape index (κ2) is 11.9. The average Bonchev–Trinajstić information content (AvgIpc) is 3.37. The highest BCUT2D eigenvalue weighted by Gasteiger charge is 2.10. The molecule has 0 aliphatic carbocycles. The molecule has 0 spiro atoms. The van der Waals surface area contributed by atoms with Crippen LogP contribution in [0.5, 0.6) is 0 Å². The average molecular weight is 480 g/mol. The van der Waals surface area contributed by atoms with Crippen molar-refractivity contribution >= 4 is 24.0 Å². The summed E-state index contributed by atoms with van der Waals surface area (Å²) in [5, 5.41) is 7.11. The molecule has 35 heavy (non-hydrogen) atoms. The zero-order valence-electron chi connectivity index (χ0n) is 19.1. The van der Waals surface area contributed by atoms with Crippen LogP contribution in [0.1, 0.15) is 25.0 Å². The number of carbonyl (C=O) groups is 2. The van der Waals surface area contributed by atoms with Gasteiger partial charge in [-0.2, -0.15) is 0 Å². The summed E-state index contributed by atoms with van der Waals surface area (Å²) in [6.45, 7) is 3.65. The highest BCUT2D eigenvalue weighted by Crippen LogP contribution is 2.29. The van der Waals surface area contributed by atoms with Gasteiger partial charge in [-0.05, 0) is 26.0 Å². The molecule has 3 aromatic rings. The first-order chi connectivity index (χ1) is 16.9. The van der Waals surface area contributed by atoms with Gasteiger partial charge in [0.1, 0.15) is 11.5 Å². The summed E-state index contributed by atoms with van der Waals surface area (Å²) in [5.74, 6) is 1.33. The van der Waals surface area contributed by atoms with Crippen molar-refractivity contribution in [3.8, 4) is 22.6 Å². The quantitative estimate of drug-likeness (QED) is 0.158. The Kier molecular flexibility index (Phi) is 8.43. The van der Waals surface area contributed by atoms with E-state index in [1.807, 2.05) is 12.1 Å². The molecule has 11 heteroatoms. The van der Waals surface area contributed by atoms with Crippen LogP contribution in [-0.2, 0) is 19.1 Å². The van der Waals surface area contributed by atoms with E-state index in [1.54, 1.807) is 62.4 Å². The van der Waals surface area contributed by atoms with E-state index in [2.05, 4.69) is 29.5 Å². The Bertz CT molecular complexity index is 1120. The Morgan fingerprint density at radius 2 is 1.06 bits per heavy atom. The zero-order valence-corrected chi connectivity index (χ0v) is 19.1. The molecule has 0 aliphatic heterocycles. The largest absolute Gasteiger partial charge is 0.535 e. The van der Waals surface area contributed by atoms with Crippen molar-refractivity contribution in [2.75, 3.05) is 13.2 Å². The predicted molar refractivity (Wildman–Crippen MR) is 127 cm³/mol. The Morgan fingerprint density at radius 1 is 0.686 bits per heavy atom. The molecule has 1 aromatic heterocycles. The van der Waals surface area contributed by atoms with E-state index in [0.717, 1.165) is 11.1 Å². The van der Waals surface area contributed by atoms with E-state index in [4.69, 9.17) is 15.9 Å². The van der Waals surface area contributed by atoms with Gasteiger partial charge in [-0.15, -0.1) is 0 Å². The van der Waals surface area contributed by atoms with Crippen LogP contribution in [-0.4, -0.2) is 37.2 Å². The molecule has 1 heterocycles. The molecule has 0 atom stereocenters. The summed E-state index contributed by atoms with van der Waals surface area (Å²) < 4.78 is 15.2. The first-order valence-electron chi connectivity index (χ1n) is 10.6. The van der Waals surface area contributed by atoms with Gasteiger partial charge in [0.15, 0.2) is 11.7 Å². The number of rotatable bonds is 8. The van der Waals surface area contributed by atoms with E-state index in [1.165, 1.54) is 0 Å². The number of hydrogen-bond donors (Lipinski definition) is 2. The molecule has 3 rings (SSSR count). The molecule has 11 nitrogen and oxygen atoms in total. The lowest BCUT2D eigenvalue weighted by Crippen LogP contribution is -2.15. The minimum atomic E-state index is -0.928. The molecule has 0 bridgehead atoms. The lowest BCUT2D eigenvalue weighted by atomic mass is 10.1. The third-order valence-electron chi connectivity index (χ3n) is 4.50. The lowest BCUT2D eigenvalue weighted by molar-refractivity contribution is 0.0604. The maximum absolute atomic E-state index is 11.2. The molecule has 0 aliphatic rings. The van der Waals surface area contributed by atoms with Crippen LogP contribution >= 0.6 is 0 Å². The van der Waals surface area contributed by atoms with Gasteiger partial charge in [0.05, 0.1) is 13.2 Å². The number of hydrogen-bond acceptors (Lipinski definition) is 9. The molecule has 182 valence electrons. The molecule has 0 unspecified atom stereocenters. The number of amidine groups is 2. The van der Waals surface area contributed by atoms with E-state index < -0.39 is 12.3 Å². The van der Waals surface area contributed by atoms with Crippen molar-refractivity contribution in [2.24, 2.45) is 21.8 Å². The van der Waals surface area contributed by atoms with Gasteiger partial charge in [-0.25, -0.2) is 9.59 Å². The fourth-order valence-electron chi connectivity index (χ4n) is 2.83. The summed E-state index contributed by atoms with van der Waals surface area (Å²) in [7, 11) is 0. The van der Waals surface area contributed by atoms with Crippen molar-refractivity contribution in [3.05, 3.63) is 71.8 Å². The number of nitrogens with zero attached hydrogens (tertiary/aromatic N) is 2. The van der Waals surface area contributed by atoms with Gasteiger partial charge in [0.25, 0.3) is 0 Å². The molecule has 0 saturated heterocycles. The topological polar surface area (TPSA) is 161 Å². The van der Waals surface area contributed by atoms with E-state index in [0.29, 0.717) is 22.6 Å². The van der Waals surface area contributed by atoms with Crippen molar-refractivity contribution in [1.82, 2.24) is 0 Å². The van der Waals surface area contributed by atoms with Crippen molar-refractivity contribution in [1.29, 1.82) is 0 Å². The number of oxime groups is 2. The molecule has 4 N–H and O–H groups in total. The lowest BCUT2D eigenvalue weighted by Gasteiger charge is -2.04. The molecule has 0 amide bonds. The Morgan fingerprint density at radius 3 is 1.40 bits per heavy atom. The van der Waals surface area contributed by atoms with Crippen LogP contribution in [0, 0.1) is 0 Å². The van der Waals surface area contributed by atoms with Crippen molar-refractivity contribution in [3.63, 3.8) is 0 Å². The summed E-state index contributed by atoms with van der Waals surface area (Å²) >= 11 is 0. The van der Waals surface area contributed by atoms with Crippen molar-refractivity contribution in [2.45, 2.75) is 13.8 Å². The number of benzene rings is 2. The molecule has 0 radical (unpaired) electrons. The van der Waals surface area contributed by atoms with Crippen LogP contribution < -0.4 is 11.5 Å². The van der Waals surface area contributed by atoms with E-state index >= 15 is 0 Å². The highest BCUT2D eigenvalue weighted by molar-refractivity contribution is 5.98. The minimum Gasteiger partial charge on any atom is -0.456 e. The Balaban J connectivity index is 1.67. The van der Waals surface area contributed by atoms with Gasteiger partial charge in [0.2, 0.25) is 0 Å². The Labute approximate surface area is 200 Å². The van der Waals surface area contributed by atoms with Crippen LogP contribution in [0.25, 0.3) is 22.6 Å². The number of ether oxygens (including phenoxy) is 2. The fourth-order valence-corrected chi connectivity index (χ4v) is 2.83. The van der Waals surface area contributed by atoms with Crippen LogP contribution in [0.3, 0.4) is 0 Å². The summed E-state index contributed by atoms with van der Waals surface area (Å²) in [4.78, 5) is 31.5. The van der Waals surface area contributed by atoms with E-state index in [9.17, 15) is 9.59 Å². The SMILES string of the molecule is CCOC(=O)O/N=C(/N)c1ccc(-c2ccc(-c3ccc(/C(N)=N\OC(=O)OCC)cc3)o2)cc1. The minimum absolute atomic E-state index is 0.0281. The molecular weight excluding hydrogens is 456 g/mol. The number of carbonyl (C=O) groups excluding carboxylic acids is 2. The van der Waals surface area contributed by atoms with Crippen molar-refractivity contribution < 1.29 is 33.2 Å². The molecule has 0 saturated carbocycles. The third kappa shape index (κ3) is 6.84. The Hall–Kier alpha value is -4.80. The summed E-state index contributed by atoms with van der Waals surface area (Å²) in [6, 6.07) is 17.8. The standard InChI is InChI=1S/C24H24N4O7/c1-3-31-23(29)34-27-21(25)17-9-5-15(6-10-17)19-13-14-20(33-19)16-7-11-18(12-8-16)22(26)28-35-24(30)32-4-2/h5-14H,3-4H2,1-2H3,(H2,25,27)(H2,26,28). The first-order valence-corrected chi connectivity index (χ1v) is 10.6. The van der Waals surface area contributed by atoms with Gasteiger partial charge >= 0.3 is 12.3 Å². The number of furan rings is 1. The predicted octanol–water partition coefficient (Wildman–Crippen LogP) is 4.20. The normalized spacial score (nSPS) is 11.6. The second-order valence-corrected chi connectivity index (χ2v) is 6.82. The summed E-state index contributed by atoms with van der Waals surface area (Å²) in [5.41, 5.74) is 14.4. The van der Waals surface area contributed by atoms with Crippen LogP contribution in [0.2, 0.25) is 0 Å². The highest BCUT2D eigenvalue weighted by atomic mass is 16.8. The smallest absolute Gasteiger partial charge is 0.456 e. The van der Waals surface area contributed by atoms with Gasteiger partial charge in [-0.1, -0.05) is 58.8 Å². The molecule has 0 fully saturated rings. The van der Waals surface area contributed by atoms with Crippen LogP contribution in [0.4, 0.5) is 9.59 Å². The maximum Gasteiger partial charge on any atom is 0.535 e. The van der Waals surface area contributed by atoms with E-state index in [-0.39, 0.29) is 24.9 Å². The van der Waals surface area contributed by atoms with Gasteiger partial charge < -0.3 is 25.4 Å².